The van der Waals surface area contributed by atoms with Gasteiger partial charge in [-0.15, -0.1) is 0 Å². The Morgan fingerprint density at radius 1 is 1.08 bits per heavy atom. The van der Waals surface area contributed by atoms with Gasteiger partial charge in [-0.25, -0.2) is 4.79 Å². The molecule has 1 atom stereocenters. The number of rotatable bonds is 7. The molecule has 1 aliphatic rings. The van der Waals surface area contributed by atoms with E-state index in [1.54, 1.807) is 53.6 Å². The van der Waals surface area contributed by atoms with Crippen molar-refractivity contribution in [3.63, 3.8) is 0 Å². The van der Waals surface area contributed by atoms with Crippen molar-refractivity contribution in [2.75, 3.05) is 38.1 Å². The lowest BCUT2D eigenvalue weighted by molar-refractivity contribution is -0.136. The van der Waals surface area contributed by atoms with E-state index >= 15 is 0 Å². The number of ether oxygens (including phenoxy) is 1. The molecule has 3 amide bonds. The summed E-state index contributed by atoms with van der Waals surface area (Å²) in [6.45, 7) is 11.5. The predicted molar refractivity (Wildman–Crippen MR) is 142 cm³/mol. The maximum Gasteiger partial charge on any atom is 0.409 e. The third-order valence-electron chi connectivity index (χ3n) is 6.52. The molecule has 4 heterocycles. The Bertz CT molecular complexity index is 1340. The molecule has 204 valence electrons. The van der Waals surface area contributed by atoms with Gasteiger partial charge in [0.25, 0.3) is 5.91 Å². The number of nitrogens with zero attached hydrogens (tertiary/aromatic N) is 6. The third-order valence-corrected chi connectivity index (χ3v) is 7.67. The van der Waals surface area contributed by atoms with E-state index in [9.17, 15) is 14.4 Å². The minimum Gasteiger partial charge on any atom is -0.454 e. The summed E-state index contributed by atoms with van der Waals surface area (Å²) in [6, 6.07) is 2.79. The predicted octanol–water partition coefficient (Wildman–Crippen LogP) is 3.52. The number of nitrogens with one attached hydrogen (secondary N) is 1. The van der Waals surface area contributed by atoms with Gasteiger partial charge in [0.15, 0.2) is 5.76 Å². The second-order valence-electron chi connectivity index (χ2n) is 9.16. The summed E-state index contributed by atoms with van der Waals surface area (Å²) >= 11 is 3.51. The molecule has 13 heteroatoms. The standard InChI is InChI=1S/C25H32BrN7O5/c1-6-37-25(36)31-11-9-30(10-12-31)24(35)18(5)33-14-20(15(2)28-33)27-23(34)21-8-7-19(38-21)13-32-17(4)22(26)16(3)29-32/h7-8,14,18H,6,9-13H2,1-5H3,(H,27,34). The smallest absolute Gasteiger partial charge is 0.409 e. The van der Waals surface area contributed by atoms with Crippen molar-refractivity contribution < 1.29 is 23.5 Å². The number of furan rings is 1. The molecule has 3 aromatic rings. The van der Waals surface area contributed by atoms with Crippen molar-refractivity contribution in [3.05, 3.63) is 51.4 Å². The summed E-state index contributed by atoms with van der Waals surface area (Å²) in [5.41, 5.74) is 2.91. The molecule has 0 aromatic carbocycles. The van der Waals surface area contributed by atoms with E-state index in [0.29, 0.717) is 56.5 Å². The quantitative estimate of drug-likeness (QED) is 0.446. The number of amides is 3. The van der Waals surface area contributed by atoms with Crippen LogP contribution >= 0.6 is 15.9 Å². The minimum atomic E-state index is -0.580. The first-order valence-electron chi connectivity index (χ1n) is 12.4. The fourth-order valence-electron chi connectivity index (χ4n) is 4.25. The number of anilines is 1. The summed E-state index contributed by atoms with van der Waals surface area (Å²) in [7, 11) is 0. The molecule has 38 heavy (non-hydrogen) atoms. The molecule has 0 aliphatic carbocycles. The zero-order chi connectivity index (χ0) is 27.6. The van der Waals surface area contributed by atoms with E-state index in [4.69, 9.17) is 9.15 Å². The van der Waals surface area contributed by atoms with Crippen molar-refractivity contribution in [1.82, 2.24) is 29.4 Å². The fourth-order valence-corrected chi connectivity index (χ4v) is 4.53. The molecule has 0 spiro atoms. The minimum absolute atomic E-state index is 0.111. The van der Waals surface area contributed by atoms with Crippen molar-refractivity contribution in [2.24, 2.45) is 0 Å². The molecule has 0 bridgehead atoms. The zero-order valence-electron chi connectivity index (χ0n) is 22.2. The van der Waals surface area contributed by atoms with E-state index in [1.807, 2.05) is 18.5 Å². The van der Waals surface area contributed by atoms with E-state index in [0.717, 1.165) is 15.9 Å². The summed E-state index contributed by atoms with van der Waals surface area (Å²) < 4.78 is 15.1. The van der Waals surface area contributed by atoms with Gasteiger partial charge in [0.2, 0.25) is 5.91 Å². The van der Waals surface area contributed by atoms with Gasteiger partial charge in [0.05, 0.1) is 40.4 Å². The Morgan fingerprint density at radius 2 is 1.76 bits per heavy atom. The zero-order valence-corrected chi connectivity index (χ0v) is 23.7. The van der Waals surface area contributed by atoms with Crippen molar-refractivity contribution >= 4 is 39.5 Å². The number of aryl methyl sites for hydroxylation is 2. The molecule has 1 fully saturated rings. The lowest BCUT2D eigenvalue weighted by Crippen LogP contribution is -2.52. The van der Waals surface area contributed by atoms with Crippen molar-refractivity contribution in [3.8, 4) is 0 Å². The highest BCUT2D eigenvalue weighted by Gasteiger charge is 2.29. The number of hydrogen-bond donors (Lipinski definition) is 1. The first-order valence-corrected chi connectivity index (χ1v) is 13.2. The molecule has 1 unspecified atom stereocenters. The van der Waals surface area contributed by atoms with Crippen LogP contribution in [0.15, 0.2) is 27.2 Å². The highest BCUT2D eigenvalue weighted by atomic mass is 79.9. The van der Waals surface area contributed by atoms with E-state index in [-0.39, 0.29) is 17.8 Å². The maximum absolute atomic E-state index is 13.1. The number of carbonyl (C=O) groups excluding carboxylic acids is 3. The molecule has 3 aromatic heterocycles. The van der Waals surface area contributed by atoms with E-state index in [2.05, 4.69) is 31.4 Å². The third kappa shape index (κ3) is 5.77. The Labute approximate surface area is 229 Å². The highest BCUT2D eigenvalue weighted by molar-refractivity contribution is 9.10. The molecule has 1 aliphatic heterocycles. The lowest BCUT2D eigenvalue weighted by atomic mass is 10.2. The molecule has 4 rings (SSSR count). The van der Waals surface area contributed by atoms with Gasteiger partial charge in [-0.3, -0.25) is 19.0 Å². The van der Waals surface area contributed by atoms with Gasteiger partial charge in [0, 0.05) is 32.4 Å². The maximum atomic E-state index is 13.1. The van der Waals surface area contributed by atoms with Gasteiger partial charge >= 0.3 is 6.09 Å². The van der Waals surface area contributed by atoms with Crippen LogP contribution in [0, 0.1) is 20.8 Å². The van der Waals surface area contributed by atoms with Gasteiger partial charge in [0.1, 0.15) is 11.8 Å². The number of carbonyl (C=O) groups is 3. The Morgan fingerprint density at radius 3 is 2.39 bits per heavy atom. The average Bonchev–Trinajstić information content (AvgIpc) is 3.58. The molecule has 1 N–H and O–H groups in total. The summed E-state index contributed by atoms with van der Waals surface area (Å²) in [4.78, 5) is 41.2. The number of hydrogen-bond acceptors (Lipinski definition) is 7. The van der Waals surface area contributed by atoms with Crippen LogP contribution < -0.4 is 5.32 Å². The SMILES string of the molecule is CCOC(=O)N1CCN(C(=O)C(C)n2cc(NC(=O)c3ccc(Cn4nc(C)c(Br)c4C)o3)c(C)n2)CC1. The number of piperazine rings is 1. The first-order chi connectivity index (χ1) is 18.1. The number of halogens is 1. The lowest BCUT2D eigenvalue weighted by Gasteiger charge is -2.35. The van der Waals surface area contributed by atoms with Crippen LogP contribution in [0.2, 0.25) is 0 Å². The van der Waals surface area contributed by atoms with Gasteiger partial charge in [-0.2, -0.15) is 10.2 Å². The molecular weight excluding hydrogens is 558 g/mol. The van der Waals surface area contributed by atoms with E-state index < -0.39 is 11.9 Å². The van der Waals surface area contributed by atoms with Crippen LogP contribution in [0.1, 0.15) is 53.3 Å². The van der Waals surface area contributed by atoms with Crippen LogP contribution in [0.25, 0.3) is 0 Å². The van der Waals surface area contributed by atoms with Crippen LogP contribution in [-0.4, -0.2) is 80.1 Å². The largest absolute Gasteiger partial charge is 0.454 e. The van der Waals surface area contributed by atoms with Crippen LogP contribution in [0.4, 0.5) is 10.5 Å². The van der Waals surface area contributed by atoms with Gasteiger partial charge < -0.3 is 24.3 Å². The second-order valence-corrected chi connectivity index (χ2v) is 9.95. The van der Waals surface area contributed by atoms with Crippen molar-refractivity contribution in [2.45, 2.75) is 47.2 Å². The summed E-state index contributed by atoms with van der Waals surface area (Å²) in [5.74, 6) is 0.238. The average molecular weight is 590 g/mol. The van der Waals surface area contributed by atoms with Crippen molar-refractivity contribution in [1.29, 1.82) is 0 Å². The normalized spacial score (nSPS) is 14.5. The Balaban J connectivity index is 1.36. The van der Waals surface area contributed by atoms with Crippen LogP contribution in [0.3, 0.4) is 0 Å². The molecule has 1 saturated heterocycles. The summed E-state index contributed by atoms with van der Waals surface area (Å²) in [6.07, 6.45) is 1.28. The Kier molecular flexibility index (Phi) is 8.24. The number of aromatic nitrogens is 4. The molecule has 0 saturated carbocycles. The van der Waals surface area contributed by atoms with Gasteiger partial charge in [-0.05, 0) is 62.7 Å². The Hall–Kier alpha value is -3.61. The second kappa shape index (κ2) is 11.4. The summed E-state index contributed by atoms with van der Waals surface area (Å²) in [5, 5.41) is 11.7. The molecule has 0 radical (unpaired) electrons. The van der Waals surface area contributed by atoms with Crippen LogP contribution in [0.5, 0.6) is 0 Å². The first kappa shape index (κ1) is 27.4. The molecular formula is C25H32BrN7O5. The topological polar surface area (TPSA) is 128 Å². The van der Waals surface area contributed by atoms with Gasteiger partial charge in [-0.1, -0.05) is 0 Å². The highest BCUT2D eigenvalue weighted by Crippen LogP contribution is 2.22. The monoisotopic (exact) mass is 589 g/mol. The fraction of sp³-hybridized carbons (Fsp3) is 0.480. The van der Waals surface area contributed by atoms with Crippen LogP contribution in [-0.2, 0) is 16.1 Å². The van der Waals surface area contributed by atoms with E-state index in [1.165, 1.54) is 0 Å². The molecule has 12 nitrogen and oxygen atoms in total.